The van der Waals surface area contributed by atoms with Crippen molar-refractivity contribution >= 4 is 22.5 Å². The van der Waals surface area contributed by atoms with Crippen molar-refractivity contribution in [1.29, 1.82) is 0 Å². The number of pyridine rings is 1. The van der Waals surface area contributed by atoms with Gasteiger partial charge in [0.15, 0.2) is 0 Å². The van der Waals surface area contributed by atoms with Crippen molar-refractivity contribution in [1.82, 2.24) is 4.98 Å². The maximum Gasteiger partial charge on any atom is 0.133 e. The van der Waals surface area contributed by atoms with Crippen LogP contribution in [0.4, 0.5) is 5.82 Å². The molecule has 0 atom stereocenters. The summed E-state index contributed by atoms with van der Waals surface area (Å²) >= 11 is 0. The number of hydrogen-bond donors (Lipinski definition) is 1. The van der Waals surface area contributed by atoms with Crippen LogP contribution in [-0.4, -0.2) is 16.8 Å². The first-order chi connectivity index (χ1) is 8.81. The molecule has 1 fully saturated rings. The summed E-state index contributed by atoms with van der Waals surface area (Å²) in [5.41, 5.74) is 1.01. The summed E-state index contributed by atoms with van der Waals surface area (Å²) in [7, 11) is 0. The molecule has 0 radical (unpaired) electrons. The van der Waals surface area contributed by atoms with Gasteiger partial charge >= 0.3 is 0 Å². The number of carbonyl (C=O) groups is 1. The zero-order valence-electron chi connectivity index (χ0n) is 10.2. The van der Waals surface area contributed by atoms with E-state index in [0.29, 0.717) is 24.7 Å². The highest BCUT2D eigenvalue weighted by Gasteiger charge is 2.18. The van der Waals surface area contributed by atoms with Gasteiger partial charge in [-0.25, -0.2) is 4.98 Å². The third-order valence-electron chi connectivity index (χ3n) is 3.49. The number of fused-ring (bicyclic) bond motifs is 1. The van der Waals surface area contributed by atoms with Crippen LogP contribution < -0.4 is 5.32 Å². The molecule has 1 heterocycles. The minimum absolute atomic E-state index is 0.386. The van der Waals surface area contributed by atoms with Crippen molar-refractivity contribution in [3.05, 3.63) is 36.4 Å². The van der Waals surface area contributed by atoms with Crippen molar-refractivity contribution in [2.45, 2.75) is 31.7 Å². The van der Waals surface area contributed by atoms with Crippen LogP contribution in [0.3, 0.4) is 0 Å². The molecule has 3 nitrogen and oxygen atoms in total. The van der Waals surface area contributed by atoms with E-state index >= 15 is 0 Å². The molecular weight excluding hydrogens is 224 g/mol. The van der Waals surface area contributed by atoms with Crippen molar-refractivity contribution in [3.8, 4) is 0 Å². The van der Waals surface area contributed by atoms with Crippen LogP contribution in [0.5, 0.6) is 0 Å². The largest absolute Gasteiger partial charge is 0.367 e. The number of nitrogens with zero attached hydrogens (tertiary/aromatic N) is 1. The van der Waals surface area contributed by atoms with Gasteiger partial charge in [0.25, 0.3) is 0 Å². The number of ketones is 1. The first-order valence-electron chi connectivity index (χ1n) is 6.45. The van der Waals surface area contributed by atoms with Gasteiger partial charge in [-0.1, -0.05) is 18.2 Å². The monoisotopic (exact) mass is 240 g/mol. The molecule has 1 saturated carbocycles. The van der Waals surface area contributed by atoms with Crippen LogP contribution in [0.25, 0.3) is 10.9 Å². The number of rotatable bonds is 2. The van der Waals surface area contributed by atoms with E-state index in [1.165, 1.54) is 0 Å². The van der Waals surface area contributed by atoms with E-state index in [1.807, 2.05) is 24.3 Å². The van der Waals surface area contributed by atoms with Gasteiger partial charge < -0.3 is 5.32 Å². The lowest BCUT2D eigenvalue weighted by atomic mass is 9.94. The Morgan fingerprint density at radius 3 is 2.67 bits per heavy atom. The predicted molar refractivity (Wildman–Crippen MR) is 72.6 cm³/mol. The topological polar surface area (TPSA) is 42.0 Å². The third kappa shape index (κ3) is 2.35. The Morgan fingerprint density at radius 1 is 1.06 bits per heavy atom. The molecule has 18 heavy (non-hydrogen) atoms. The van der Waals surface area contributed by atoms with Crippen LogP contribution in [0, 0.1) is 0 Å². The Hall–Kier alpha value is -1.90. The fourth-order valence-electron chi connectivity index (χ4n) is 2.44. The molecule has 0 aliphatic heterocycles. The normalized spacial score (nSPS) is 17.0. The molecule has 3 heteroatoms. The van der Waals surface area contributed by atoms with Crippen LogP contribution in [-0.2, 0) is 4.79 Å². The van der Waals surface area contributed by atoms with Crippen molar-refractivity contribution in [3.63, 3.8) is 0 Å². The molecule has 0 bridgehead atoms. The van der Waals surface area contributed by atoms with Gasteiger partial charge in [-0.05, 0) is 31.0 Å². The average Bonchev–Trinajstić information content (AvgIpc) is 2.41. The quantitative estimate of drug-likeness (QED) is 0.876. The summed E-state index contributed by atoms with van der Waals surface area (Å²) in [6.45, 7) is 0. The Bertz CT molecular complexity index is 569. The number of benzene rings is 1. The second-order valence-electron chi connectivity index (χ2n) is 4.85. The van der Waals surface area contributed by atoms with E-state index < -0.39 is 0 Å². The third-order valence-corrected chi connectivity index (χ3v) is 3.49. The summed E-state index contributed by atoms with van der Waals surface area (Å²) in [5.74, 6) is 1.30. The van der Waals surface area contributed by atoms with E-state index in [9.17, 15) is 4.79 Å². The molecule has 1 aliphatic carbocycles. The number of carbonyl (C=O) groups excluding carboxylic acids is 1. The number of para-hydroxylation sites is 1. The fraction of sp³-hybridized carbons (Fsp3) is 0.333. The average molecular weight is 240 g/mol. The minimum Gasteiger partial charge on any atom is -0.367 e. The Morgan fingerprint density at radius 2 is 1.83 bits per heavy atom. The maximum absolute atomic E-state index is 11.2. The smallest absolute Gasteiger partial charge is 0.133 e. The molecule has 1 aromatic carbocycles. The number of Topliss-reactive ketones (excluding diaryl/α,β-unsaturated/α-hetero) is 1. The second-order valence-corrected chi connectivity index (χ2v) is 4.85. The molecule has 3 rings (SSSR count). The van der Waals surface area contributed by atoms with Gasteiger partial charge in [0.05, 0.1) is 5.52 Å². The molecule has 1 aliphatic rings. The Balaban J connectivity index is 1.76. The van der Waals surface area contributed by atoms with E-state index in [4.69, 9.17) is 0 Å². The summed E-state index contributed by atoms with van der Waals surface area (Å²) in [4.78, 5) is 15.8. The molecule has 1 aromatic heterocycles. The van der Waals surface area contributed by atoms with Gasteiger partial charge in [0.2, 0.25) is 0 Å². The predicted octanol–water partition coefficient (Wildman–Crippen LogP) is 3.16. The van der Waals surface area contributed by atoms with Crippen LogP contribution in [0.1, 0.15) is 25.7 Å². The molecule has 92 valence electrons. The van der Waals surface area contributed by atoms with Crippen molar-refractivity contribution in [2.24, 2.45) is 0 Å². The SMILES string of the molecule is O=C1CCC(Nc2ccc3ccccc3n2)CC1. The van der Waals surface area contributed by atoms with Gasteiger partial charge in [0.1, 0.15) is 11.6 Å². The zero-order valence-corrected chi connectivity index (χ0v) is 10.2. The van der Waals surface area contributed by atoms with E-state index in [1.54, 1.807) is 0 Å². The number of nitrogens with one attached hydrogen (secondary N) is 1. The van der Waals surface area contributed by atoms with Crippen molar-refractivity contribution in [2.75, 3.05) is 5.32 Å². The second kappa shape index (κ2) is 4.77. The summed E-state index contributed by atoms with van der Waals surface area (Å²) in [6.07, 6.45) is 3.25. The first-order valence-corrected chi connectivity index (χ1v) is 6.45. The maximum atomic E-state index is 11.2. The van der Waals surface area contributed by atoms with E-state index in [-0.39, 0.29) is 0 Å². The molecule has 1 N–H and O–H groups in total. The fourth-order valence-corrected chi connectivity index (χ4v) is 2.44. The number of hydrogen-bond acceptors (Lipinski definition) is 3. The molecule has 0 saturated heterocycles. The van der Waals surface area contributed by atoms with Crippen LogP contribution >= 0.6 is 0 Å². The van der Waals surface area contributed by atoms with Gasteiger partial charge in [-0.3, -0.25) is 4.79 Å². The van der Waals surface area contributed by atoms with Gasteiger partial charge in [0, 0.05) is 24.3 Å². The van der Waals surface area contributed by atoms with Crippen LogP contribution in [0.2, 0.25) is 0 Å². The van der Waals surface area contributed by atoms with Gasteiger partial charge in [-0.2, -0.15) is 0 Å². The summed E-state index contributed by atoms with van der Waals surface area (Å²) in [6, 6.07) is 12.6. The molecule has 0 spiro atoms. The molecule has 0 amide bonds. The van der Waals surface area contributed by atoms with Crippen molar-refractivity contribution < 1.29 is 4.79 Å². The van der Waals surface area contributed by atoms with E-state index in [2.05, 4.69) is 22.4 Å². The Kier molecular flexibility index (Phi) is 2.97. The molecule has 2 aromatic rings. The molecular formula is C15H16N2O. The Labute approximate surface area is 106 Å². The lowest BCUT2D eigenvalue weighted by Crippen LogP contribution is -2.26. The number of aromatic nitrogens is 1. The molecule has 0 unspecified atom stereocenters. The lowest BCUT2D eigenvalue weighted by molar-refractivity contribution is -0.120. The lowest BCUT2D eigenvalue weighted by Gasteiger charge is -2.22. The summed E-state index contributed by atoms with van der Waals surface area (Å²) < 4.78 is 0. The van der Waals surface area contributed by atoms with E-state index in [0.717, 1.165) is 29.6 Å². The highest BCUT2D eigenvalue weighted by atomic mass is 16.1. The first kappa shape index (κ1) is 11.2. The summed E-state index contributed by atoms with van der Waals surface area (Å²) in [5, 5.41) is 4.58. The van der Waals surface area contributed by atoms with Gasteiger partial charge in [-0.15, -0.1) is 0 Å². The van der Waals surface area contributed by atoms with Crippen LogP contribution in [0.15, 0.2) is 36.4 Å². The number of anilines is 1. The highest BCUT2D eigenvalue weighted by Crippen LogP contribution is 2.20. The highest BCUT2D eigenvalue weighted by molar-refractivity contribution is 5.80. The zero-order chi connectivity index (χ0) is 12.4. The minimum atomic E-state index is 0.386. The standard InChI is InChI=1S/C15H16N2O/c18-13-8-6-12(7-9-13)16-15-10-5-11-3-1-2-4-14(11)17-15/h1-5,10,12H,6-9H2,(H,16,17).